The van der Waals surface area contributed by atoms with Crippen molar-refractivity contribution in [3.8, 4) is 0 Å². The van der Waals surface area contributed by atoms with Crippen LogP contribution in [0.5, 0.6) is 0 Å². The number of carbonyl (C=O) groups is 2. The number of carbonyl (C=O) groups excluding carboxylic acids is 1. The normalized spacial score (nSPS) is 15.0. The molecule has 0 heterocycles. The van der Waals surface area contributed by atoms with Gasteiger partial charge in [0.1, 0.15) is 6.04 Å². The van der Waals surface area contributed by atoms with E-state index < -0.39 is 35.6 Å². The summed E-state index contributed by atoms with van der Waals surface area (Å²) < 4.78 is 26.0. The zero-order valence-corrected chi connectivity index (χ0v) is 12.5. The van der Waals surface area contributed by atoms with Gasteiger partial charge in [0, 0.05) is 6.42 Å². The summed E-state index contributed by atoms with van der Waals surface area (Å²) in [4.78, 5) is 23.2. The first-order chi connectivity index (χ1) is 10.3. The molecular formula is C15H20F2N2O3. The molecule has 0 aliphatic rings. The van der Waals surface area contributed by atoms with Gasteiger partial charge in [-0.3, -0.25) is 4.79 Å². The Kier molecular flexibility index (Phi) is 6.42. The SMILES string of the molecule is CC[C@H](C)[C@H](N)C(=O)NC(Cc1ccc(F)c(F)c1)C(=O)O. The van der Waals surface area contributed by atoms with E-state index in [0.29, 0.717) is 6.42 Å². The van der Waals surface area contributed by atoms with Gasteiger partial charge in [-0.2, -0.15) is 0 Å². The standard InChI is InChI=1S/C15H20F2N2O3/c1-3-8(2)13(18)14(20)19-12(15(21)22)7-9-4-5-10(16)11(17)6-9/h4-6,8,12-13H,3,7,18H2,1-2H3,(H,19,20)(H,21,22)/t8-,12?,13-/m0/s1. The van der Waals surface area contributed by atoms with Crippen molar-refractivity contribution in [3.63, 3.8) is 0 Å². The smallest absolute Gasteiger partial charge is 0.326 e. The van der Waals surface area contributed by atoms with Crippen LogP contribution < -0.4 is 11.1 Å². The molecule has 1 aromatic rings. The first-order valence-electron chi connectivity index (χ1n) is 6.99. The van der Waals surface area contributed by atoms with Crippen LogP contribution in [0, 0.1) is 17.6 Å². The molecule has 0 bridgehead atoms. The van der Waals surface area contributed by atoms with Crippen molar-refractivity contribution in [3.05, 3.63) is 35.4 Å². The summed E-state index contributed by atoms with van der Waals surface area (Å²) in [5, 5.41) is 11.5. The van der Waals surface area contributed by atoms with Crippen LogP contribution in [0.3, 0.4) is 0 Å². The highest BCUT2D eigenvalue weighted by molar-refractivity contribution is 5.87. The summed E-state index contributed by atoms with van der Waals surface area (Å²) in [5.41, 5.74) is 6.01. The van der Waals surface area contributed by atoms with Gasteiger partial charge in [-0.05, 0) is 23.6 Å². The van der Waals surface area contributed by atoms with Gasteiger partial charge < -0.3 is 16.2 Å². The summed E-state index contributed by atoms with van der Waals surface area (Å²) in [5.74, 6) is -4.03. The van der Waals surface area contributed by atoms with Crippen LogP contribution in [0.2, 0.25) is 0 Å². The van der Waals surface area contributed by atoms with Crippen molar-refractivity contribution in [2.24, 2.45) is 11.7 Å². The number of aliphatic carboxylic acids is 1. The first kappa shape index (κ1) is 18.0. The molecule has 0 saturated carbocycles. The maximum atomic E-state index is 13.1. The molecule has 7 heteroatoms. The van der Waals surface area contributed by atoms with E-state index >= 15 is 0 Å². The topological polar surface area (TPSA) is 92.4 Å². The Labute approximate surface area is 127 Å². The number of carboxylic acids is 1. The van der Waals surface area contributed by atoms with Crippen LogP contribution in [0.1, 0.15) is 25.8 Å². The van der Waals surface area contributed by atoms with E-state index in [4.69, 9.17) is 10.8 Å². The van der Waals surface area contributed by atoms with Gasteiger partial charge in [0.05, 0.1) is 6.04 Å². The van der Waals surface area contributed by atoms with Crippen LogP contribution in [0.4, 0.5) is 8.78 Å². The van der Waals surface area contributed by atoms with E-state index in [1.54, 1.807) is 6.92 Å². The fraction of sp³-hybridized carbons (Fsp3) is 0.467. The lowest BCUT2D eigenvalue weighted by molar-refractivity contribution is -0.142. The first-order valence-corrected chi connectivity index (χ1v) is 6.99. The minimum atomic E-state index is -1.27. The number of halogens is 2. The highest BCUT2D eigenvalue weighted by Gasteiger charge is 2.26. The molecule has 1 amide bonds. The lowest BCUT2D eigenvalue weighted by atomic mass is 9.98. The number of nitrogens with two attached hydrogens (primary N) is 1. The molecule has 1 rings (SSSR count). The van der Waals surface area contributed by atoms with Crippen molar-refractivity contribution in [1.29, 1.82) is 0 Å². The summed E-state index contributed by atoms with van der Waals surface area (Å²) in [6.07, 6.45) is 0.515. The lowest BCUT2D eigenvalue weighted by Gasteiger charge is -2.21. The second kappa shape index (κ2) is 7.84. The minimum Gasteiger partial charge on any atom is -0.480 e. The minimum absolute atomic E-state index is 0.0993. The molecule has 0 aliphatic heterocycles. The highest BCUT2D eigenvalue weighted by Crippen LogP contribution is 2.11. The Morgan fingerprint density at radius 3 is 2.45 bits per heavy atom. The fourth-order valence-electron chi connectivity index (χ4n) is 1.88. The van der Waals surface area contributed by atoms with Gasteiger partial charge in [0.2, 0.25) is 5.91 Å². The number of rotatable bonds is 7. The quantitative estimate of drug-likeness (QED) is 0.710. The summed E-state index contributed by atoms with van der Waals surface area (Å²) in [6.45, 7) is 3.66. The largest absolute Gasteiger partial charge is 0.480 e. The van der Waals surface area contributed by atoms with Crippen molar-refractivity contribution in [2.45, 2.75) is 38.8 Å². The molecule has 0 aromatic heterocycles. The third kappa shape index (κ3) is 4.77. The molecular weight excluding hydrogens is 294 g/mol. The molecule has 1 aromatic carbocycles. The molecule has 122 valence electrons. The Hall–Kier alpha value is -2.02. The maximum Gasteiger partial charge on any atom is 0.326 e. The highest BCUT2D eigenvalue weighted by atomic mass is 19.2. The van der Waals surface area contributed by atoms with Gasteiger partial charge in [0.15, 0.2) is 11.6 Å². The Balaban J connectivity index is 2.79. The number of carboxylic acid groups (broad SMARTS) is 1. The molecule has 1 unspecified atom stereocenters. The van der Waals surface area contributed by atoms with Crippen LogP contribution >= 0.6 is 0 Å². The Morgan fingerprint density at radius 1 is 1.32 bits per heavy atom. The molecule has 0 radical (unpaired) electrons. The average Bonchev–Trinajstić information content (AvgIpc) is 2.48. The van der Waals surface area contributed by atoms with Crippen LogP contribution in [-0.2, 0) is 16.0 Å². The van der Waals surface area contributed by atoms with Gasteiger partial charge in [0.25, 0.3) is 0 Å². The molecule has 22 heavy (non-hydrogen) atoms. The van der Waals surface area contributed by atoms with Gasteiger partial charge in [-0.15, -0.1) is 0 Å². The second-order valence-corrected chi connectivity index (χ2v) is 5.26. The van der Waals surface area contributed by atoms with E-state index in [1.165, 1.54) is 6.07 Å². The number of nitrogens with one attached hydrogen (secondary N) is 1. The molecule has 0 fully saturated rings. The fourth-order valence-corrected chi connectivity index (χ4v) is 1.88. The predicted octanol–water partition coefficient (Wildman–Crippen LogP) is 1.45. The number of hydrogen-bond acceptors (Lipinski definition) is 3. The second-order valence-electron chi connectivity index (χ2n) is 5.26. The Bertz CT molecular complexity index is 552. The monoisotopic (exact) mass is 314 g/mol. The van der Waals surface area contributed by atoms with Gasteiger partial charge in [-0.25, -0.2) is 13.6 Å². The molecule has 0 saturated heterocycles. The van der Waals surface area contributed by atoms with Gasteiger partial charge in [-0.1, -0.05) is 26.3 Å². The number of amides is 1. The molecule has 3 atom stereocenters. The summed E-state index contributed by atoms with van der Waals surface area (Å²) in [7, 11) is 0. The third-order valence-corrected chi connectivity index (χ3v) is 3.60. The maximum absolute atomic E-state index is 13.1. The zero-order valence-electron chi connectivity index (χ0n) is 12.5. The van der Waals surface area contributed by atoms with Crippen LogP contribution in [-0.4, -0.2) is 29.1 Å². The molecule has 5 nitrogen and oxygen atoms in total. The van der Waals surface area contributed by atoms with Crippen molar-refractivity contribution >= 4 is 11.9 Å². The summed E-state index contributed by atoms with van der Waals surface area (Å²) >= 11 is 0. The Morgan fingerprint density at radius 2 is 1.95 bits per heavy atom. The molecule has 4 N–H and O–H groups in total. The van der Waals surface area contributed by atoms with Crippen molar-refractivity contribution in [1.82, 2.24) is 5.32 Å². The van der Waals surface area contributed by atoms with E-state index in [-0.39, 0.29) is 17.9 Å². The molecule has 0 spiro atoms. The van der Waals surface area contributed by atoms with Crippen LogP contribution in [0.25, 0.3) is 0 Å². The van der Waals surface area contributed by atoms with Crippen molar-refractivity contribution < 1.29 is 23.5 Å². The van der Waals surface area contributed by atoms with Crippen LogP contribution in [0.15, 0.2) is 18.2 Å². The van der Waals surface area contributed by atoms with E-state index in [2.05, 4.69) is 5.32 Å². The summed E-state index contributed by atoms with van der Waals surface area (Å²) in [6, 6.07) is 1.02. The zero-order chi connectivity index (χ0) is 16.9. The van der Waals surface area contributed by atoms with Gasteiger partial charge >= 0.3 is 5.97 Å². The van der Waals surface area contributed by atoms with Crippen molar-refractivity contribution in [2.75, 3.05) is 0 Å². The number of benzene rings is 1. The third-order valence-electron chi connectivity index (χ3n) is 3.60. The van der Waals surface area contributed by atoms with E-state index in [0.717, 1.165) is 12.1 Å². The van der Waals surface area contributed by atoms with E-state index in [1.807, 2.05) is 6.92 Å². The predicted molar refractivity (Wildman–Crippen MR) is 77.1 cm³/mol. The average molecular weight is 314 g/mol. The molecule has 0 aliphatic carbocycles. The van der Waals surface area contributed by atoms with E-state index in [9.17, 15) is 18.4 Å². The lowest BCUT2D eigenvalue weighted by Crippen LogP contribution is -2.51. The number of hydrogen-bond donors (Lipinski definition) is 3.